The normalized spacial score (nSPS) is 19.6. The first-order valence-electron chi connectivity index (χ1n) is 9.70. The van der Waals surface area contributed by atoms with Crippen molar-refractivity contribution in [2.45, 2.75) is 39.0 Å². The maximum Gasteiger partial charge on any atom is 0.224 e. The topological polar surface area (TPSA) is 86.9 Å². The number of nitrogens with zero attached hydrogens (tertiary/aromatic N) is 1. The molecule has 144 valence electrons. The Morgan fingerprint density at radius 3 is 2.59 bits per heavy atom. The predicted molar refractivity (Wildman–Crippen MR) is 106 cm³/mol. The number of amides is 2. The van der Waals surface area contributed by atoms with Gasteiger partial charge in [0.2, 0.25) is 11.8 Å². The quantitative estimate of drug-likeness (QED) is 0.657. The SMILES string of the molecule is C=CCNC(=O)[C@@H]1CCCC[C@@H]1C(=O)NCCc1nc2c(C)cccc2[nH]1. The van der Waals surface area contributed by atoms with Crippen LogP contribution >= 0.6 is 0 Å². The molecule has 1 heterocycles. The fraction of sp³-hybridized carbons (Fsp3) is 0.476. The molecule has 0 spiro atoms. The number of para-hydroxylation sites is 1. The molecule has 0 saturated heterocycles. The third-order valence-electron chi connectivity index (χ3n) is 5.28. The number of imidazole rings is 1. The predicted octanol–water partition coefficient (Wildman–Crippen LogP) is 2.64. The van der Waals surface area contributed by atoms with Crippen LogP contribution in [0.5, 0.6) is 0 Å². The fourth-order valence-corrected chi connectivity index (χ4v) is 3.84. The van der Waals surface area contributed by atoms with Gasteiger partial charge in [-0.25, -0.2) is 4.98 Å². The lowest BCUT2D eigenvalue weighted by atomic mass is 9.78. The van der Waals surface area contributed by atoms with E-state index in [4.69, 9.17) is 0 Å². The molecule has 27 heavy (non-hydrogen) atoms. The molecule has 1 aliphatic rings. The number of aryl methyl sites for hydroxylation is 1. The molecule has 6 heteroatoms. The number of hydrogen-bond donors (Lipinski definition) is 3. The molecule has 2 amide bonds. The van der Waals surface area contributed by atoms with Gasteiger partial charge in [-0.2, -0.15) is 0 Å². The van der Waals surface area contributed by atoms with E-state index >= 15 is 0 Å². The summed E-state index contributed by atoms with van der Waals surface area (Å²) < 4.78 is 0. The number of rotatable bonds is 7. The molecule has 0 radical (unpaired) electrons. The van der Waals surface area contributed by atoms with Gasteiger partial charge in [-0.3, -0.25) is 9.59 Å². The third-order valence-corrected chi connectivity index (χ3v) is 5.28. The Kier molecular flexibility index (Phi) is 6.27. The van der Waals surface area contributed by atoms with Crippen LogP contribution in [-0.2, 0) is 16.0 Å². The van der Waals surface area contributed by atoms with Crippen LogP contribution in [0.25, 0.3) is 11.0 Å². The monoisotopic (exact) mass is 368 g/mol. The molecule has 2 aromatic rings. The van der Waals surface area contributed by atoms with Crippen molar-refractivity contribution in [3.63, 3.8) is 0 Å². The maximum atomic E-state index is 12.7. The van der Waals surface area contributed by atoms with E-state index in [-0.39, 0.29) is 23.7 Å². The second kappa shape index (κ2) is 8.84. The number of benzene rings is 1. The average molecular weight is 368 g/mol. The van der Waals surface area contributed by atoms with E-state index in [2.05, 4.69) is 27.2 Å². The van der Waals surface area contributed by atoms with Crippen LogP contribution < -0.4 is 10.6 Å². The van der Waals surface area contributed by atoms with Gasteiger partial charge >= 0.3 is 0 Å². The van der Waals surface area contributed by atoms with Gasteiger partial charge in [0.15, 0.2) is 0 Å². The van der Waals surface area contributed by atoms with Crippen molar-refractivity contribution in [2.24, 2.45) is 11.8 Å². The standard InChI is InChI=1S/C21H28N4O2/c1-3-12-22-20(26)15-8-4-5-9-16(15)21(27)23-13-11-18-24-17-10-6-7-14(2)19(17)25-18/h3,6-7,10,15-16H,1,4-5,8-9,11-13H2,2H3,(H,22,26)(H,23,27)(H,24,25)/t15-,16+/m1/s1. The highest BCUT2D eigenvalue weighted by molar-refractivity contribution is 5.88. The van der Waals surface area contributed by atoms with E-state index in [1.54, 1.807) is 6.08 Å². The lowest BCUT2D eigenvalue weighted by molar-refractivity contribution is -0.136. The minimum atomic E-state index is -0.249. The molecule has 1 saturated carbocycles. The van der Waals surface area contributed by atoms with Crippen molar-refractivity contribution in [1.29, 1.82) is 0 Å². The summed E-state index contributed by atoms with van der Waals surface area (Å²) in [7, 11) is 0. The highest BCUT2D eigenvalue weighted by atomic mass is 16.2. The molecule has 3 N–H and O–H groups in total. The van der Waals surface area contributed by atoms with E-state index in [0.29, 0.717) is 19.5 Å². The highest BCUT2D eigenvalue weighted by Gasteiger charge is 2.35. The third kappa shape index (κ3) is 4.56. The molecular formula is C21H28N4O2. The van der Waals surface area contributed by atoms with Gasteiger partial charge in [0.1, 0.15) is 5.82 Å². The molecule has 0 bridgehead atoms. The Morgan fingerprint density at radius 2 is 1.93 bits per heavy atom. The number of fused-ring (bicyclic) bond motifs is 1. The maximum absolute atomic E-state index is 12.7. The van der Waals surface area contributed by atoms with Crippen LogP contribution in [0.2, 0.25) is 0 Å². The van der Waals surface area contributed by atoms with Crippen molar-refractivity contribution in [3.05, 3.63) is 42.2 Å². The van der Waals surface area contributed by atoms with Crippen LogP contribution in [0.3, 0.4) is 0 Å². The van der Waals surface area contributed by atoms with E-state index < -0.39 is 0 Å². The Labute approximate surface area is 159 Å². The summed E-state index contributed by atoms with van der Waals surface area (Å²) in [6.07, 6.45) is 5.82. The molecule has 2 atom stereocenters. The number of hydrogen-bond acceptors (Lipinski definition) is 3. The number of aromatic nitrogens is 2. The first-order valence-corrected chi connectivity index (χ1v) is 9.70. The van der Waals surface area contributed by atoms with Gasteiger partial charge in [0, 0.05) is 31.3 Å². The Hall–Kier alpha value is -2.63. The van der Waals surface area contributed by atoms with E-state index in [1.807, 2.05) is 25.1 Å². The van der Waals surface area contributed by atoms with Gasteiger partial charge < -0.3 is 15.6 Å². The summed E-state index contributed by atoms with van der Waals surface area (Å²) in [5.74, 6) is 0.306. The summed E-state index contributed by atoms with van der Waals surface area (Å²) in [6.45, 7) is 6.61. The summed E-state index contributed by atoms with van der Waals surface area (Å²) in [6, 6.07) is 6.04. The number of nitrogens with one attached hydrogen (secondary N) is 3. The summed E-state index contributed by atoms with van der Waals surface area (Å²) >= 11 is 0. The van der Waals surface area contributed by atoms with E-state index in [0.717, 1.165) is 48.1 Å². The first kappa shape index (κ1) is 19.1. The summed E-state index contributed by atoms with van der Waals surface area (Å²) in [5, 5.41) is 5.84. The first-order chi connectivity index (χ1) is 13.1. The molecule has 3 rings (SSSR count). The van der Waals surface area contributed by atoms with Crippen molar-refractivity contribution < 1.29 is 9.59 Å². The fourth-order valence-electron chi connectivity index (χ4n) is 3.84. The van der Waals surface area contributed by atoms with Crippen LogP contribution in [0.15, 0.2) is 30.9 Å². The van der Waals surface area contributed by atoms with Gasteiger partial charge in [0.25, 0.3) is 0 Å². The molecular weight excluding hydrogens is 340 g/mol. The van der Waals surface area contributed by atoms with Crippen LogP contribution in [0.1, 0.15) is 37.1 Å². The molecule has 1 fully saturated rings. The van der Waals surface area contributed by atoms with Gasteiger partial charge in [-0.05, 0) is 31.4 Å². The zero-order valence-corrected chi connectivity index (χ0v) is 15.9. The minimum absolute atomic E-state index is 0.0271. The number of carbonyl (C=O) groups excluding carboxylic acids is 2. The lowest BCUT2D eigenvalue weighted by Crippen LogP contribution is -2.44. The Balaban J connectivity index is 1.56. The number of H-pyrrole nitrogens is 1. The van der Waals surface area contributed by atoms with Crippen molar-refractivity contribution in [3.8, 4) is 0 Å². The van der Waals surface area contributed by atoms with Gasteiger partial charge in [-0.1, -0.05) is 31.1 Å². The Bertz CT molecular complexity index is 827. The number of carbonyl (C=O) groups is 2. The summed E-state index contributed by atoms with van der Waals surface area (Å²) in [5.41, 5.74) is 3.13. The largest absolute Gasteiger partial charge is 0.355 e. The van der Waals surface area contributed by atoms with E-state index in [1.165, 1.54) is 0 Å². The van der Waals surface area contributed by atoms with Crippen molar-refractivity contribution in [2.75, 3.05) is 13.1 Å². The average Bonchev–Trinajstić information content (AvgIpc) is 3.10. The molecule has 6 nitrogen and oxygen atoms in total. The molecule has 1 aromatic heterocycles. The smallest absolute Gasteiger partial charge is 0.224 e. The zero-order valence-electron chi connectivity index (χ0n) is 15.9. The second-order valence-electron chi connectivity index (χ2n) is 7.23. The second-order valence-corrected chi connectivity index (χ2v) is 7.23. The van der Waals surface area contributed by atoms with Crippen LogP contribution in [0.4, 0.5) is 0 Å². The molecule has 1 aliphatic carbocycles. The zero-order chi connectivity index (χ0) is 19.2. The van der Waals surface area contributed by atoms with Crippen LogP contribution in [-0.4, -0.2) is 34.9 Å². The van der Waals surface area contributed by atoms with Crippen LogP contribution in [0, 0.1) is 18.8 Å². The van der Waals surface area contributed by atoms with E-state index in [9.17, 15) is 9.59 Å². The molecule has 0 aliphatic heterocycles. The summed E-state index contributed by atoms with van der Waals surface area (Å²) in [4.78, 5) is 32.9. The molecule has 0 unspecified atom stereocenters. The minimum Gasteiger partial charge on any atom is -0.355 e. The Morgan fingerprint density at radius 1 is 1.22 bits per heavy atom. The van der Waals surface area contributed by atoms with Gasteiger partial charge in [-0.15, -0.1) is 6.58 Å². The van der Waals surface area contributed by atoms with Crippen molar-refractivity contribution in [1.82, 2.24) is 20.6 Å². The molecule has 1 aromatic carbocycles. The highest BCUT2D eigenvalue weighted by Crippen LogP contribution is 2.30. The lowest BCUT2D eigenvalue weighted by Gasteiger charge is -2.29. The van der Waals surface area contributed by atoms with Crippen molar-refractivity contribution >= 4 is 22.8 Å². The number of aromatic amines is 1. The van der Waals surface area contributed by atoms with Gasteiger partial charge in [0.05, 0.1) is 11.0 Å².